The first-order valence-electron chi connectivity index (χ1n) is 8.65. The molecule has 4 nitrogen and oxygen atoms in total. The van der Waals surface area contributed by atoms with Crippen LogP contribution in [0.25, 0.3) is 10.9 Å². The molecule has 120 valence electrons. The molecule has 4 heteroatoms. The molecule has 0 radical (unpaired) electrons. The maximum Gasteiger partial charge on any atom is 0.116 e. The molecule has 3 bridgehead atoms. The summed E-state index contributed by atoms with van der Waals surface area (Å²) in [5.41, 5.74) is 2.56. The van der Waals surface area contributed by atoms with Crippen molar-refractivity contribution in [3.05, 3.63) is 36.0 Å². The Morgan fingerprint density at radius 3 is 3.13 bits per heavy atom. The molecule has 3 saturated heterocycles. The summed E-state index contributed by atoms with van der Waals surface area (Å²) < 4.78 is 6.52. The molecule has 0 saturated carbocycles. The van der Waals surface area contributed by atoms with Crippen LogP contribution in [-0.2, 0) is 4.74 Å². The Bertz CT molecular complexity index is 777. The Hall–Kier alpha value is -1.65. The van der Waals surface area contributed by atoms with Crippen LogP contribution in [0, 0.1) is 5.41 Å². The van der Waals surface area contributed by atoms with Gasteiger partial charge < -0.3 is 9.84 Å². The average molecular weight is 310 g/mol. The molecule has 5 atom stereocenters. The van der Waals surface area contributed by atoms with Gasteiger partial charge in [-0.1, -0.05) is 6.92 Å². The zero-order valence-electron chi connectivity index (χ0n) is 13.4. The van der Waals surface area contributed by atoms with Gasteiger partial charge in [-0.15, -0.1) is 0 Å². The van der Waals surface area contributed by atoms with Gasteiger partial charge in [-0.3, -0.25) is 9.88 Å². The number of hydrogen-bond donors (Lipinski definition) is 1. The van der Waals surface area contributed by atoms with Crippen LogP contribution in [0.3, 0.4) is 0 Å². The fraction of sp³-hybridized carbons (Fsp3) is 0.526. The summed E-state index contributed by atoms with van der Waals surface area (Å²) in [6, 6.07) is 7.95. The Balaban J connectivity index is 1.62. The highest BCUT2D eigenvalue weighted by Gasteiger charge is 2.55. The zero-order chi connectivity index (χ0) is 15.6. The lowest BCUT2D eigenvalue weighted by atomic mass is 9.77. The van der Waals surface area contributed by atoms with E-state index in [1.165, 1.54) is 31.4 Å². The molecule has 3 aliphatic rings. The fourth-order valence-electron chi connectivity index (χ4n) is 5.11. The SMILES string of the molecule is CC[C@@]12C[C@H]3CN(C1)[C@@H](C2)[C@@H](c1ccnc2ccc(O)cc12)O3. The van der Waals surface area contributed by atoms with Crippen molar-refractivity contribution in [2.75, 3.05) is 13.1 Å². The van der Waals surface area contributed by atoms with E-state index in [1.807, 2.05) is 18.3 Å². The van der Waals surface area contributed by atoms with Gasteiger partial charge in [-0.25, -0.2) is 0 Å². The van der Waals surface area contributed by atoms with E-state index in [1.54, 1.807) is 6.07 Å². The second-order valence-electron chi connectivity index (χ2n) is 7.54. The number of aromatic nitrogens is 1. The van der Waals surface area contributed by atoms with E-state index in [4.69, 9.17) is 4.74 Å². The summed E-state index contributed by atoms with van der Waals surface area (Å²) in [7, 11) is 0. The van der Waals surface area contributed by atoms with Crippen LogP contribution in [0.15, 0.2) is 30.5 Å². The molecule has 1 unspecified atom stereocenters. The molecule has 1 aromatic carbocycles. The molecule has 2 aromatic rings. The first-order valence-corrected chi connectivity index (χ1v) is 8.65. The zero-order valence-corrected chi connectivity index (χ0v) is 13.4. The monoisotopic (exact) mass is 310 g/mol. The Morgan fingerprint density at radius 2 is 2.26 bits per heavy atom. The maximum absolute atomic E-state index is 9.90. The van der Waals surface area contributed by atoms with E-state index in [0.717, 1.165) is 17.4 Å². The van der Waals surface area contributed by atoms with E-state index in [-0.39, 0.29) is 6.10 Å². The van der Waals surface area contributed by atoms with Crippen molar-refractivity contribution < 1.29 is 9.84 Å². The predicted octanol–water partition coefficient (Wildman–Crippen LogP) is 3.25. The number of pyridine rings is 1. The van der Waals surface area contributed by atoms with Crippen LogP contribution in [0.4, 0.5) is 0 Å². The minimum absolute atomic E-state index is 0.0944. The summed E-state index contributed by atoms with van der Waals surface area (Å²) in [5, 5.41) is 10.9. The Morgan fingerprint density at radius 1 is 1.35 bits per heavy atom. The molecule has 4 heterocycles. The fourth-order valence-corrected chi connectivity index (χ4v) is 5.11. The largest absolute Gasteiger partial charge is 0.508 e. The van der Waals surface area contributed by atoms with Gasteiger partial charge in [-0.2, -0.15) is 0 Å². The summed E-state index contributed by atoms with van der Waals surface area (Å²) in [5.74, 6) is 0.292. The van der Waals surface area contributed by atoms with Crippen LogP contribution in [-0.4, -0.2) is 40.2 Å². The molecule has 0 amide bonds. The van der Waals surface area contributed by atoms with Gasteiger partial charge >= 0.3 is 0 Å². The minimum atomic E-state index is 0.0944. The summed E-state index contributed by atoms with van der Waals surface area (Å²) >= 11 is 0. The van der Waals surface area contributed by atoms with Crippen LogP contribution < -0.4 is 0 Å². The lowest BCUT2D eigenvalue weighted by molar-refractivity contribution is -0.125. The van der Waals surface area contributed by atoms with Gasteiger partial charge in [0, 0.05) is 30.7 Å². The van der Waals surface area contributed by atoms with Crippen LogP contribution in [0.5, 0.6) is 5.75 Å². The lowest BCUT2D eigenvalue weighted by Crippen LogP contribution is -2.51. The highest BCUT2D eigenvalue weighted by atomic mass is 16.5. The van der Waals surface area contributed by atoms with Gasteiger partial charge in [-0.05, 0) is 54.5 Å². The van der Waals surface area contributed by atoms with Crippen molar-refractivity contribution in [3.8, 4) is 5.75 Å². The third kappa shape index (κ3) is 1.95. The number of morpholine rings is 1. The Kier molecular flexibility index (Phi) is 2.80. The van der Waals surface area contributed by atoms with Crippen molar-refractivity contribution in [3.63, 3.8) is 0 Å². The summed E-state index contributed by atoms with van der Waals surface area (Å²) in [4.78, 5) is 7.08. The number of phenolic OH excluding ortho intramolecular Hbond substituents is 1. The molecule has 23 heavy (non-hydrogen) atoms. The molecule has 5 rings (SSSR count). The van der Waals surface area contributed by atoms with Crippen molar-refractivity contribution in [1.82, 2.24) is 9.88 Å². The third-order valence-corrected chi connectivity index (χ3v) is 6.25. The van der Waals surface area contributed by atoms with Gasteiger partial charge in [0.15, 0.2) is 0 Å². The first kappa shape index (κ1) is 13.8. The summed E-state index contributed by atoms with van der Waals surface area (Å²) in [6.45, 7) is 4.62. The number of phenols is 1. The smallest absolute Gasteiger partial charge is 0.116 e. The van der Waals surface area contributed by atoms with Crippen LogP contribution in [0.2, 0.25) is 0 Å². The van der Waals surface area contributed by atoms with Gasteiger partial charge in [0.1, 0.15) is 5.75 Å². The maximum atomic E-state index is 9.90. The number of ether oxygens (including phenoxy) is 1. The van der Waals surface area contributed by atoms with E-state index >= 15 is 0 Å². The molecule has 0 aliphatic carbocycles. The number of hydrogen-bond acceptors (Lipinski definition) is 4. The molecule has 3 fully saturated rings. The van der Waals surface area contributed by atoms with Crippen molar-refractivity contribution >= 4 is 10.9 Å². The third-order valence-electron chi connectivity index (χ3n) is 6.25. The van der Waals surface area contributed by atoms with Crippen LogP contribution in [0.1, 0.15) is 37.9 Å². The Labute approximate surface area is 136 Å². The van der Waals surface area contributed by atoms with Crippen molar-refractivity contribution in [2.24, 2.45) is 5.41 Å². The molecule has 1 N–H and O–H groups in total. The number of piperidine rings is 1. The molecular weight excluding hydrogens is 288 g/mol. The van der Waals surface area contributed by atoms with E-state index in [2.05, 4.69) is 22.9 Å². The van der Waals surface area contributed by atoms with E-state index < -0.39 is 0 Å². The van der Waals surface area contributed by atoms with Crippen LogP contribution >= 0.6 is 0 Å². The van der Waals surface area contributed by atoms with Crippen molar-refractivity contribution in [1.29, 1.82) is 0 Å². The van der Waals surface area contributed by atoms with Gasteiger partial charge in [0.25, 0.3) is 0 Å². The second kappa shape index (κ2) is 4.68. The topological polar surface area (TPSA) is 45.6 Å². The van der Waals surface area contributed by atoms with Gasteiger partial charge in [0.05, 0.1) is 17.7 Å². The molecule has 1 aromatic heterocycles. The molecule has 3 aliphatic heterocycles. The summed E-state index contributed by atoms with van der Waals surface area (Å²) in [6.07, 6.45) is 5.97. The lowest BCUT2D eigenvalue weighted by Gasteiger charge is -2.44. The van der Waals surface area contributed by atoms with E-state index in [9.17, 15) is 5.11 Å². The number of nitrogens with zero attached hydrogens (tertiary/aromatic N) is 2. The van der Waals surface area contributed by atoms with Crippen molar-refractivity contribution in [2.45, 2.75) is 44.4 Å². The number of fused-ring (bicyclic) bond motifs is 3. The number of benzene rings is 1. The quantitative estimate of drug-likeness (QED) is 0.925. The average Bonchev–Trinajstić information content (AvgIpc) is 2.76. The highest BCUT2D eigenvalue weighted by Crippen LogP contribution is 2.54. The minimum Gasteiger partial charge on any atom is -0.508 e. The predicted molar refractivity (Wildman–Crippen MR) is 88.3 cm³/mol. The number of rotatable bonds is 2. The molecular formula is C19H22N2O2. The first-order chi connectivity index (χ1) is 11.2. The molecule has 0 spiro atoms. The van der Waals surface area contributed by atoms with E-state index in [0.29, 0.717) is 23.3 Å². The number of aromatic hydroxyl groups is 1. The highest BCUT2D eigenvalue weighted by molar-refractivity contribution is 5.83. The van der Waals surface area contributed by atoms with Gasteiger partial charge in [0.2, 0.25) is 0 Å². The second-order valence-corrected chi connectivity index (χ2v) is 7.54. The standard InChI is InChI=1S/C19H22N2O2/c1-2-19-8-13-10-21(11-19)17(9-19)18(23-13)14-5-6-20-16-4-3-12(22)7-15(14)16/h3-7,13,17-18,22H,2,8-11H2,1H3/t13-,17-,18+,19-/m0/s1. The normalized spacial score (nSPS) is 38.3.